The Labute approximate surface area is 98.0 Å². The summed E-state index contributed by atoms with van der Waals surface area (Å²) in [6.45, 7) is 6.84. The van der Waals surface area contributed by atoms with E-state index >= 15 is 0 Å². The highest BCUT2D eigenvalue weighted by Gasteiger charge is 2.28. The molecule has 0 radical (unpaired) electrons. The van der Waals surface area contributed by atoms with Gasteiger partial charge in [0.25, 0.3) is 0 Å². The fourth-order valence-corrected chi connectivity index (χ4v) is 2.07. The molecule has 2 unspecified atom stereocenters. The maximum atomic E-state index is 11.8. The number of carbonyl (C=O) groups is 1. The number of hydrogen-bond acceptors (Lipinski definition) is 3. The van der Waals surface area contributed by atoms with Crippen molar-refractivity contribution in [1.29, 1.82) is 0 Å². The molecule has 4 heteroatoms. The van der Waals surface area contributed by atoms with Crippen molar-refractivity contribution in [2.45, 2.75) is 39.2 Å². The highest BCUT2D eigenvalue weighted by atomic mass is 16.3. The normalized spacial score (nSPS) is 23.3. The molecule has 1 fully saturated rings. The van der Waals surface area contributed by atoms with Gasteiger partial charge in [-0.2, -0.15) is 0 Å². The van der Waals surface area contributed by atoms with Crippen LogP contribution >= 0.6 is 0 Å². The standard InChI is InChI=1S/C12H24N2O2/c1-3-4-6-13-12(16)10(2)14-7-5-11(8-14)9-15/h10-11,15H,3-9H2,1-2H3,(H,13,16). The van der Waals surface area contributed by atoms with Gasteiger partial charge in [0, 0.05) is 19.7 Å². The van der Waals surface area contributed by atoms with E-state index in [1.807, 2.05) is 6.92 Å². The van der Waals surface area contributed by atoms with Gasteiger partial charge in [-0.3, -0.25) is 9.69 Å². The van der Waals surface area contributed by atoms with Crippen molar-refractivity contribution in [3.8, 4) is 0 Å². The molecule has 94 valence electrons. The van der Waals surface area contributed by atoms with Crippen LogP contribution in [0.5, 0.6) is 0 Å². The predicted octanol–water partition coefficient (Wildman–Crippen LogP) is 0.605. The van der Waals surface area contributed by atoms with E-state index < -0.39 is 0 Å². The van der Waals surface area contributed by atoms with Crippen LogP contribution in [0.3, 0.4) is 0 Å². The minimum absolute atomic E-state index is 0.0617. The SMILES string of the molecule is CCCCNC(=O)C(C)N1CCC(CO)C1. The van der Waals surface area contributed by atoms with E-state index in [2.05, 4.69) is 17.1 Å². The van der Waals surface area contributed by atoms with Crippen molar-refractivity contribution in [2.24, 2.45) is 5.92 Å². The smallest absolute Gasteiger partial charge is 0.237 e. The third-order valence-corrected chi connectivity index (χ3v) is 3.33. The quantitative estimate of drug-likeness (QED) is 0.655. The Morgan fingerprint density at radius 1 is 1.62 bits per heavy atom. The van der Waals surface area contributed by atoms with Crippen molar-refractivity contribution < 1.29 is 9.90 Å². The van der Waals surface area contributed by atoms with Crippen LogP contribution in [0.25, 0.3) is 0 Å². The van der Waals surface area contributed by atoms with Gasteiger partial charge in [0.15, 0.2) is 0 Å². The summed E-state index contributed by atoms with van der Waals surface area (Å²) in [7, 11) is 0. The number of aliphatic hydroxyl groups excluding tert-OH is 1. The molecule has 2 atom stereocenters. The summed E-state index contributed by atoms with van der Waals surface area (Å²) in [6.07, 6.45) is 3.14. The molecule has 0 aromatic rings. The molecular weight excluding hydrogens is 204 g/mol. The first kappa shape index (κ1) is 13.5. The van der Waals surface area contributed by atoms with Crippen LogP contribution in [0.4, 0.5) is 0 Å². The predicted molar refractivity (Wildman–Crippen MR) is 64.1 cm³/mol. The monoisotopic (exact) mass is 228 g/mol. The number of unbranched alkanes of at least 4 members (excludes halogenated alkanes) is 1. The average Bonchev–Trinajstić information content (AvgIpc) is 2.76. The summed E-state index contributed by atoms with van der Waals surface area (Å²) in [6, 6.07) is -0.0617. The number of carbonyl (C=O) groups excluding carboxylic acids is 1. The summed E-state index contributed by atoms with van der Waals surface area (Å²) >= 11 is 0. The Morgan fingerprint density at radius 2 is 2.38 bits per heavy atom. The highest BCUT2D eigenvalue weighted by Crippen LogP contribution is 2.17. The van der Waals surface area contributed by atoms with Crippen molar-refractivity contribution >= 4 is 5.91 Å². The average molecular weight is 228 g/mol. The van der Waals surface area contributed by atoms with Gasteiger partial charge in [-0.15, -0.1) is 0 Å². The third kappa shape index (κ3) is 3.76. The molecule has 1 rings (SSSR count). The zero-order valence-corrected chi connectivity index (χ0v) is 10.4. The minimum atomic E-state index is -0.0617. The van der Waals surface area contributed by atoms with Crippen LogP contribution in [0.15, 0.2) is 0 Å². The molecule has 1 heterocycles. The van der Waals surface area contributed by atoms with Crippen molar-refractivity contribution in [2.75, 3.05) is 26.2 Å². The van der Waals surface area contributed by atoms with Crippen LogP contribution in [-0.2, 0) is 4.79 Å². The Bertz CT molecular complexity index is 221. The van der Waals surface area contributed by atoms with Crippen LogP contribution in [0.2, 0.25) is 0 Å². The Balaban J connectivity index is 2.28. The molecule has 1 aliphatic heterocycles. The van der Waals surface area contributed by atoms with E-state index in [1.54, 1.807) is 0 Å². The second kappa shape index (κ2) is 6.86. The van der Waals surface area contributed by atoms with E-state index in [4.69, 9.17) is 5.11 Å². The Kier molecular flexibility index (Phi) is 5.77. The lowest BCUT2D eigenvalue weighted by molar-refractivity contribution is -0.125. The molecule has 0 bridgehead atoms. The Morgan fingerprint density at radius 3 is 2.94 bits per heavy atom. The fraction of sp³-hybridized carbons (Fsp3) is 0.917. The van der Waals surface area contributed by atoms with Gasteiger partial charge < -0.3 is 10.4 Å². The summed E-state index contributed by atoms with van der Waals surface area (Å²) in [5, 5.41) is 12.0. The van der Waals surface area contributed by atoms with E-state index in [0.29, 0.717) is 5.92 Å². The highest BCUT2D eigenvalue weighted by molar-refractivity contribution is 5.81. The number of likely N-dealkylation sites (tertiary alicyclic amines) is 1. The number of amides is 1. The fourth-order valence-electron chi connectivity index (χ4n) is 2.07. The van der Waals surface area contributed by atoms with Gasteiger partial charge in [-0.25, -0.2) is 0 Å². The molecule has 0 aromatic carbocycles. The van der Waals surface area contributed by atoms with Gasteiger partial charge in [-0.05, 0) is 32.2 Å². The van der Waals surface area contributed by atoms with E-state index in [1.165, 1.54) is 0 Å². The number of nitrogens with zero attached hydrogens (tertiary/aromatic N) is 1. The molecule has 0 spiro atoms. The molecule has 0 aromatic heterocycles. The molecule has 1 amide bonds. The number of rotatable bonds is 6. The maximum Gasteiger partial charge on any atom is 0.237 e. The first-order chi connectivity index (χ1) is 7.69. The summed E-state index contributed by atoms with van der Waals surface area (Å²) in [4.78, 5) is 13.9. The molecule has 0 aliphatic carbocycles. The van der Waals surface area contributed by atoms with Crippen LogP contribution in [-0.4, -0.2) is 48.2 Å². The first-order valence-corrected chi connectivity index (χ1v) is 6.31. The number of hydrogen-bond donors (Lipinski definition) is 2. The minimum Gasteiger partial charge on any atom is -0.396 e. The zero-order valence-electron chi connectivity index (χ0n) is 10.4. The van der Waals surface area contributed by atoms with Crippen molar-refractivity contribution in [3.63, 3.8) is 0 Å². The maximum absolute atomic E-state index is 11.8. The molecule has 1 aliphatic rings. The van der Waals surface area contributed by atoms with Gasteiger partial charge in [0.1, 0.15) is 0 Å². The zero-order chi connectivity index (χ0) is 12.0. The second-order valence-electron chi connectivity index (χ2n) is 4.65. The molecule has 0 saturated carbocycles. The van der Waals surface area contributed by atoms with Crippen molar-refractivity contribution in [1.82, 2.24) is 10.2 Å². The first-order valence-electron chi connectivity index (χ1n) is 6.31. The molecule has 4 nitrogen and oxygen atoms in total. The molecule has 2 N–H and O–H groups in total. The van der Waals surface area contributed by atoms with Gasteiger partial charge in [0.05, 0.1) is 6.04 Å². The summed E-state index contributed by atoms with van der Waals surface area (Å²) in [5.74, 6) is 0.470. The van der Waals surface area contributed by atoms with Gasteiger partial charge >= 0.3 is 0 Å². The number of nitrogens with one attached hydrogen (secondary N) is 1. The molecular formula is C12H24N2O2. The lowest BCUT2D eigenvalue weighted by atomic mass is 10.1. The van der Waals surface area contributed by atoms with Crippen molar-refractivity contribution in [3.05, 3.63) is 0 Å². The van der Waals surface area contributed by atoms with Crippen LogP contribution in [0, 0.1) is 5.92 Å². The third-order valence-electron chi connectivity index (χ3n) is 3.33. The van der Waals surface area contributed by atoms with E-state index in [9.17, 15) is 4.79 Å². The number of aliphatic hydroxyl groups is 1. The largest absolute Gasteiger partial charge is 0.396 e. The van der Waals surface area contributed by atoms with Crippen LogP contribution < -0.4 is 5.32 Å². The van der Waals surface area contributed by atoms with Gasteiger partial charge in [-0.1, -0.05) is 13.3 Å². The van der Waals surface area contributed by atoms with E-state index in [0.717, 1.165) is 38.9 Å². The lowest BCUT2D eigenvalue weighted by Crippen LogP contribution is -2.44. The summed E-state index contributed by atoms with van der Waals surface area (Å²) < 4.78 is 0. The van der Waals surface area contributed by atoms with E-state index in [-0.39, 0.29) is 18.6 Å². The van der Waals surface area contributed by atoms with Gasteiger partial charge in [0.2, 0.25) is 5.91 Å². The lowest BCUT2D eigenvalue weighted by Gasteiger charge is -2.23. The molecule has 16 heavy (non-hydrogen) atoms. The topological polar surface area (TPSA) is 52.6 Å². The molecule has 1 saturated heterocycles. The Hall–Kier alpha value is -0.610. The summed E-state index contributed by atoms with van der Waals surface area (Å²) in [5.41, 5.74) is 0. The van der Waals surface area contributed by atoms with Crippen LogP contribution in [0.1, 0.15) is 33.1 Å². The second-order valence-corrected chi connectivity index (χ2v) is 4.65.